The first-order chi connectivity index (χ1) is 11.7. The highest BCUT2D eigenvalue weighted by Crippen LogP contribution is 2.26. The molecule has 1 unspecified atom stereocenters. The summed E-state index contributed by atoms with van der Waals surface area (Å²) in [6.07, 6.45) is 5.56. The minimum absolute atomic E-state index is 0.529. The number of benzene rings is 1. The minimum atomic E-state index is 0.529. The Kier molecular flexibility index (Phi) is 6.52. The Labute approximate surface area is 147 Å². The van der Waals surface area contributed by atoms with Gasteiger partial charge in [0.1, 0.15) is 0 Å². The van der Waals surface area contributed by atoms with Crippen LogP contribution in [-0.4, -0.2) is 69.7 Å². The lowest BCUT2D eigenvalue weighted by Gasteiger charge is -2.38. The molecule has 1 aromatic rings. The number of hydrogen-bond acceptors (Lipinski definition) is 4. The molecule has 0 radical (unpaired) electrons. The molecule has 0 aromatic heterocycles. The molecule has 24 heavy (non-hydrogen) atoms. The summed E-state index contributed by atoms with van der Waals surface area (Å²) in [4.78, 5) is 7.57. The SMILES string of the molecule is CN(C)c1ccc(C(CN2CCCCCC2)N2CCNCC2)cc1. The van der Waals surface area contributed by atoms with E-state index in [1.165, 1.54) is 56.6 Å². The summed E-state index contributed by atoms with van der Waals surface area (Å²) in [5.74, 6) is 0. The lowest BCUT2D eigenvalue weighted by atomic mass is 10.0. The van der Waals surface area contributed by atoms with Gasteiger partial charge in [-0.3, -0.25) is 4.90 Å². The van der Waals surface area contributed by atoms with Crippen molar-refractivity contribution in [1.29, 1.82) is 0 Å². The van der Waals surface area contributed by atoms with Crippen molar-refractivity contribution in [2.75, 3.05) is 64.8 Å². The predicted octanol–water partition coefficient (Wildman–Crippen LogP) is 2.57. The first-order valence-electron chi connectivity index (χ1n) is 9.68. The van der Waals surface area contributed by atoms with Gasteiger partial charge in [0.2, 0.25) is 0 Å². The Morgan fingerprint density at radius 2 is 1.54 bits per heavy atom. The zero-order chi connectivity index (χ0) is 16.8. The van der Waals surface area contributed by atoms with Gasteiger partial charge in [0.25, 0.3) is 0 Å². The van der Waals surface area contributed by atoms with Crippen molar-refractivity contribution in [3.63, 3.8) is 0 Å². The summed E-state index contributed by atoms with van der Waals surface area (Å²) in [6, 6.07) is 9.76. The Balaban J connectivity index is 1.75. The van der Waals surface area contributed by atoms with Crippen LogP contribution in [0.2, 0.25) is 0 Å². The molecule has 2 aliphatic rings. The Morgan fingerprint density at radius 3 is 2.12 bits per heavy atom. The summed E-state index contributed by atoms with van der Waals surface area (Å²) < 4.78 is 0. The summed E-state index contributed by atoms with van der Waals surface area (Å²) in [7, 11) is 4.22. The van der Waals surface area contributed by atoms with Gasteiger partial charge < -0.3 is 15.1 Å². The van der Waals surface area contributed by atoms with E-state index < -0.39 is 0 Å². The molecule has 1 N–H and O–H groups in total. The van der Waals surface area contributed by atoms with Crippen LogP contribution in [0.1, 0.15) is 37.3 Å². The monoisotopic (exact) mass is 330 g/mol. The lowest BCUT2D eigenvalue weighted by molar-refractivity contribution is 0.126. The van der Waals surface area contributed by atoms with Crippen LogP contribution in [0.3, 0.4) is 0 Å². The van der Waals surface area contributed by atoms with Gasteiger partial charge in [-0.25, -0.2) is 0 Å². The van der Waals surface area contributed by atoms with Crippen molar-refractivity contribution in [2.24, 2.45) is 0 Å². The van der Waals surface area contributed by atoms with Gasteiger partial charge >= 0.3 is 0 Å². The smallest absolute Gasteiger partial charge is 0.0476 e. The minimum Gasteiger partial charge on any atom is -0.378 e. The highest BCUT2D eigenvalue weighted by Gasteiger charge is 2.25. The molecule has 1 atom stereocenters. The topological polar surface area (TPSA) is 21.8 Å². The van der Waals surface area contributed by atoms with Gasteiger partial charge in [-0.2, -0.15) is 0 Å². The van der Waals surface area contributed by atoms with Crippen LogP contribution in [0.4, 0.5) is 5.69 Å². The van der Waals surface area contributed by atoms with E-state index in [0.717, 1.165) is 26.2 Å². The molecule has 0 saturated carbocycles. The molecule has 2 saturated heterocycles. The molecule has 134 valence electrons. The van der Waals surface area contributed by atoms with Gasteiger partial charge in [0, 0.05) is 58.5 Å². The fourth-order valence-electron chi connectivity index (χ4n) is 3.98. The fraction of sp³-hybridized carbons (Fsp3) is 0.700. The highest BCUT2D eigenvalue weighted by molar-refractivity contribution is 5.46. The molecule has 0 spiro atoms. The second kappa shape index (κ2) is 8.84. The normalized spacial score (nSPS) is 22.1. The van der Waals surface area contributed by atoms with E-state index >= 15 is 0 Å². The van der Waals surface area contributed by atoms with Gasteiger partial charge in [0.15, 0.2) is 0 Å². The zero-order valence-electron chi connectivity index (χ0n) is 15.5. The second-order valence-corrected chi connectivity index (χ2v) is 7.50. The molecule has 2 heterocycles. The van der Waals surface area contributed by atoms with Crippen molar-refractivity contribution in [2.45, 2.75) is 31.7 Å². The highest BCUT2D eigenvalue weighted by atomic mass is 15.2. The fourth-order valence-corrected chi connectivity index (χ4v) is 3.98. The maximum atomic E-state index is 3.50. The summed E-state index contributed by atoms with van der Waals surface area (Å²) in [5.41, 5.74) is 2.76. The third kappa shape index (κ3) is 4.71. The summed E-state index contributed by atoms with van der Waals surface area (Å²) >= 11 is 0. The largest absolute Gasteiger partial charge is 0.378 e. The van der Waals surface area contributed by atoms with Crippen LogP contribution in [0.15, 0.2) is 24.3 Å². The summed E-state index contributed by atoms with van der Waals surface area (Å²) in [5, 5.41) is 3.50. The number of rotatable bonds is 5. The van der Waals surface area contributed by atoms with E-state index in [0.29, 0.717) is 6.04 Å². The van der Waals surface area contributed by atoms with E-state index in [9.17, 15) is 0 Å². The van der Waals surface area contributed by atoms with Gasteiger partial charge in [-0.05, 0) is 43.6 Å². The van der Waals surface area contributed by atoms with Crippen LogP contribution in [0, 0.1) is 0 Å². The van der Waals surface area contributed by atoms with E-state index in [1.807, 2.05) is 0 Å². The van der Waals surface area contributed by atoms with Crippen molar-refractivity contribution in [1.82, 2.24) is 15.1 Å². The second-order valence-electron chi connectivity index (χ2n) is 7.50. The molecular formula is C20H34N4. The Morgan fingerprint density at radius 1 is 0.917 bits per heavy atom. The average molecular weight is 331 g/mol. The lowest BCUT2D eigenvalue weighted by Crippen LogP contribution is -2.48. The molecule has 0 aliphatic carbocycles. The van der Waals surface area contributed by atoms with Crippen LogP contribution < -0.4 is 10.2 Å². The molecule has 2 fully saturated rings. The molecular weight excluding hydrogens is 296 g/mol. The third-order valence-corrected chi connectivity index (χ3v) is 5.52. The molecule has 0 bridgehead atoms. The van der Waals surface area contributed by atoms with Gasteiger partial charge in [-0.15, -0.1) is 0 Å². The standard InChI is InChI=1S/C20H34N4/c1-22(2)19-9-7-18(8-10-19)20(24-15-11-21-12-16-24)17-23-13-5-3-4-6-14-23/h7-10,20-21H,3-6,11-17H2,1-2H3. The Bertz CT molecular complexity index is 471. The zero-order valence-corrected chi connectivity index (χ0v) is 15.5. The molecule has 1 aromatic carbocycles. The summed E-state index contributed by atoms with van der Waals surface area (Å²) in [6.45, 7) is 8.29. The number of nitrogens with zero attached hydrogens (tertiary/aromatic N) is 3. The van der Waals surface area contributed by atoms with Crippen molar-refractivity contribution in [3.8, 4) is 0 Å². The van der Waals surface area contributed by atoms with Crippen molar-refractivity contribution < 1.29 is 0 Å². The molecule has 2 aliphatic heterocycles. The quantitative estimate of drug-likeness (QED) is 0.896. The van der Waals surface area contributed by atoms with Gasteiger partial charge in [0.05, 0.1) is 0 Å². The van der Waals surface area contributed by atoms with E-state index in [-0.39, 0.29) is 0 Å². The molecule has 0 amide bonds. The van der Waals surface area contributed by atoms with Gasteiger partial charge in [-0.1, -0.05) is 25.0 Å². The van der Waals surface area contributed by atoms with Crippen LogP contribution in [0.25, 0.3) is 0 Å². The number of nitrogens with one attached hydrogen (secondary N) is 1. The number of hydrogen-bond donors (Lipinski definition) is 1. The first-order valence-corrected chi connectivity index (χ1v) is 9.68. The van der Waals surface area contributed by atoms with E-state index in [4.69, 9.17) is 0 Å². The van der Waals surface area contributed by atoms with E-state index in [1.54, 1.807) is 0 Å². The number of piperazine rings is 1. The Hall–Kier alpha value is -1.10. The third-order valence-electron chi connectivity index (χ3n) is 5.52. The number of anilines is 1. The predicted molar refractivity (Wildman–Crippen MR) is 103 cm³/mol. The van der Waals surface area contributed by atoms with Crippen molar-refractivity contribution in [3.05, 3.63) is 29.8 Å². The maximum absolute atomic E-state index is 3.50. The molecule has 4 nitrogen and oxygen atoms in total. The average Bonchev–Trinajstić information content (AvgIpc) is 2.89. The van der Waals surface area contributed by atoms with Crippen LogP contribution >= 0.6 is 0 Å². The maximum Gasteiger partial charge on any atom is 0.0476 e. The van der Waals surface area contributed by atoms with Crippen LogP contribution in [0.5, 0.6) is 0 Å². The van der Waals surface area contributed by atoms with E-state index in [2.05, 4.69) is 58.4 Å². The van der Waals surface area contributed by atoms with Crippen molar-refractivity contribution >= 4 is 5.69 Å². The molecule has 4 heteroatoms. The number of likely N-dealkylation sites (tertiary alicyclic amines) is 1. The first kappa shape index (κ1) is 17.7. The molecule has 3 rings (SSSR count). The van der Waals surface area contributed by atoms with Crippen LogP contribution in [-0.2, 0) is 0 Å².